The normalized spacial score (nSPS) is 33.5. The van der Waals surface area contributed by atoms with Gasteiger partial charge in [-0.05, 0) is 70.2 Å². The van der Waals surface area contributed by atoms with E-state index in [1.54, 1.807) is 0 Å². The van der Waals surface area contributed by atoms with Crippen molar-refractivity contribution in [2.24, 2.45) is 11.8 Å². The van der Waals surface area contributed by atoms with Crippen molar-refractivity contribution < 1.29 is 28.6 Å². The molecule has 0 aromatic heterocycles. The van der Waals surface area contributed by atoms with E-state index in [0.717, 1.165) is 29.9 Å². The van der Waals surface area contributed by atoms with Crippen molar-refractivity contribution in [2.75, 3.05) is 32.2 Å². The molecule has 3 fully saturated rings. The van der Waals surface area contributed by atoms with Crippen LogP contribution in [0.25, 0.3) is 0 Å². The summed E-state index contributed by atoms with van der Waals surface area (Å²) in [4.78, 5) is 44.4. The molecule has 0 N–H and O–H groups in total. The molecule has 2 saturated heterocycles. The lowest BCUT2D eigenvalue weighted by atomic mass is 9.58. The average molecular weight is 483 g/mol. The van der Waals surface area contributed by atoms with Crippen LogP contribution in [0.15, 0.2) is 35.9 Å². The molecule has 1 aromatic rings. The van der Waals surface area contributed by atoms with Crippen LogP contribution in [0.1, 0.15) is 46.1 Å². The van der Waals surface area contributed by atoms with E-state index in [1.807, 2.05) is 56.9 Å². The zero-order valence-electron chi connectivity index (χ0n) is 21.3. The van der Waals surface area contributed by atoms with Gasteiger partial charge in [0.1, 0.15) is 5.60 Å². The van der Waals surface area contributed by atoms with E-state index in [2.05, 4.69) is 11.0 Å². The van der Waals surface area contributed by atoms with Crippen LogP contribution in [0.3, 0.4) is 0 Å². The molecule has 4 aliphatic rings. The van der Waals surface area contributed by atoms with Crippen LogP contribution in [0.5, 0.6) is 0 Å². The molecule has 1 aliphatic carbocycles. The molecular formula is C27H34N2O6. The molecule has 3 heterocycles. The van der Waals surface area contributed by atoms with Crippen LogP contribution in [-0.2, 0) is 29.2 Å². The monoisotopic (exact) mass is 482 g/mol. The number of allylic oxidation sites excluding steroid dienone is 1. The first-order valence-corrected chi connectivity index (χ1v) is 12.3. The maximum absolute atomic E-state index is 14.0. The van der Waals surface area contributed by atoms with Crippen molar-refractivity contribution in [2.45, 2.75) is 63.1 Å². The Morgan fingerprint density at radius 3 is 2.37 bits per heavy atom. The predicted molar refractivity (Wildman–Crippen MR) is 129 cm³/mol. The molecule has 188 valence electrons. The van der Waals surface area contributed by atoms with Crippen molar-refractivity contribution in [1.29, 1.82) is 0 Å². The number of rotatable bonds is 3. The van der Waals surface area contributed by atoms with Crippen molar-refractivity contribution in [3.05, 3.63) is 41.5 Å². The molecule has 3 aliphatic heterocycles. The van der Waals surface area contributed by atoms with Gasteiger partial charge in [0, 0.05) is 18.0 Å². The molecule has 8 nitrogen and oxygen atoms in total. The smallest absolute Gasteiger partial charge is 0.415 e. The Labute approximate surface area is 206 Å². The number of carbonyl (C=O) groups excluding carboxylic acids is 3. The summed E-state index contributed by atoms with van der Waals surface area (Å²) in [6.45, 7) is 9.14. The van der Waals surface area contributed by atoms with Gasteiger partial charge < -0.3 is 14.2 Å². The van der Waals surface area contributed by atoms with Gasteiger partial charge >= 0.3 is 18.0 Å². The number of anilines is 1. The SMILES string of the molecule is C/C=C1\CN2CC[C@@]34c5ccccc5N(C(=O)OC(C)(C)C)[C@@]13[C@H]2C[C@@H]4C(C(=O)OC)C(=O)OC. The number of ether oxygens (including phenoxy) is 3. The Hall–Kier alpha value is -2.87. The van der Waals surface area contributed by atoms with Gasteiger partial charge in [0.15, 0.2) is 5.92 Å². The molecule has 1 spiro atoms. The summed E-state index contributed by atoms with van der Waals surface area (Å²) in [5, 5.41) is 0. The van der Waals surface area contributed by atoms with Gasteiger partial charge in [-0.3, -0.25) is 19.4 Å². The fourth-order valence-corrected chi connectivity index (χ4v) is 7.71. The van der Waals surface area contributed by atoms with Crippen molar-refractivity contribution in [1.82, 2.24) is 4.90 Å². The number of carbonyl (C=O) groups is 3. The number of hydrogen-bond donors (Lipinski definition) is 0. The van der Waals surface area contributed by atoms with Crippen LogP contribution in [0.4, 0.5) is 10.5 Å². The average Bonchev–Trinajstić information content (AvgIpc) is 3.27. The molecule has 1 amide bonds. The summed E-state index contributed by atoms with van der Waals surface area (Å²) < 4.78 is 16.2. The highest BCUT2D eigenvalue weighted by Gasteiger charge is 2.81. The molecular weight excluding hydrogens is 448 g/mol. The first kappa shape index (κ1) is 23.9. The van der Waals surface area contributed by atoms with Gasteiger partial charge in [-0.1, -0.05) is 24.3 Å². The Morgan fingerprint density at radius 2 is 1.77 bits per heavy atom. The van der Waals surface area contributed by atoms with Gasteiger partial charge in [0.2, 0.25) is 0 Å². The fraction of sp³-hybridized carbons (Fsp3) is 0.593. The number of nitrogens with zero attached hydrogens (tertiary/aromatic N) is 2. The number of para-hydroxylation sites is 1. The highest BCUT2D eigenvalue weighted by Crippen LogP contribution is 2.73. The quantitative estimate of drug-likeness (QED) is 0.282. The van der Waals surface area contributed by atoms with E-state index in [-0.39, 0.29) is 6.04 Å². The van der Waals surface area contributed by atoms with E-state index < -0.39 is 46.4 Å². The van der Waals surface area contributed by atoms with Crippen LogP contribution in [0.2, 0.25) is 0 Å². The Morgan fingerprint density at radius 1 is 1.11 bits per heavy atom. The Balaban J connectivity index is 1.81. The Bertz CT molecular complexity index is 1110. The zero-order chi connectivity index (χ0) is 25.3. The summed E-state index contributed by atoms with van der Waals surface area (Å²) >= 11 is 0. The topological polar surface area (TPSA) is 85.4 Å². The number of esters is 2. The lowest BCUT2D eigenvalue weighted by molar-refractivity contribution is -0.163. The summed E-state index contributed by atoms with van der Waals surface area (Å²) in [7, 11) is 2.60. The molecule has 1 saturated carbocycles. The van der Waals surface area contributed by atoms with Crippen molar-refractivity contribution in [3.8, 4) is 0 Å². The van der Waals surface area contributed by atoms with E-state index in [1.165, 1.54) is 14.2 Å². The first-order valence-electron chi connectivity index (χ1n) is 12.3. The van der Waals surface area contributed by atoms with Gasteiger partial charge in [-0.2, -0.15) is 0 Å². The maximum atomic E-state index is 14.0. The third-order valence-corrected chi connectivity index (χ3v) is 8.59. The second kappa shape index (κ2) is 7.82. The summed E-state index contributed by atoms with van der Waals surface area (Å²) in [6, 6.07) is 7.82. The maximum Gasteiger partial charge on any atom is 0.415 e. The van der Waals surface area contributed by atoms with E-state index in [9.17, 15) is 14.4 Å². The standard InChI is InChI=1S/C27H34N2O6/c1-7-16-15-28-13-12-26-17-10-8-9-11-19(17)29(24(32)35-25(2,3)4)27(16,26)20(28)14-18(26)21(22(30)33-5)23(31)34-6/h7-11,18,20-21H,12-15H2,1-6H3/b16-7+/t18-,20-,26+,27-/m1/s1. The lowest BCUT2D eigenvalue weighted by Gasteiger charge is -2.51. The summed E-state index contributed by atoms with van der Waals surface area (Å²) in [5.41, 5.74) is 0.799. The molecule has 35 heavy (non-hydrogen) atoms. The van der Waals surface area contributed by atoms with E-state index >= 15 is 0 Å². The molecule has 1 unspecified atom stereocenters. The number of piperidine rings is 1. The summed E-state index contributed by atoms with van der Waals surface area (Å²) in [5.74, 6) is -2.68. The molecule has 8 heteroatoms. The number of methoxy groups -OCH3 is 2. The van der Waals surface area contributed by atoms with Crippen LogP contribution >= 0.6 is 0 Å². The van der Waals surface area contributed by atoms with Gasteiger partial charge in [0.05, 0.1) is 25.4 Å². The minimum atomic E-state index is -1.09. The lowest BCUT2D eigenvalue weighted by Crippen LogP contribution is -2.67. The number of fused-ring (bicyclic) bond motifs is 1. The second-order valence-corrected chi connectivity index (χ2v) is 11.0. The minimum absolute atomic E-state index is 0.0656. The minimum Gasteiger partial charge on any atom is -0.468 e. The fourth-order valence-electron chi connectivity index (χ4n) is 7.71. The second-order valence-electron chi connectivity index (χ2n) is 11.0. The highest BCUT2D eigenvalue weighted by atomic mass is 16.6. The molecule has 5 rings (SSSR count). The first-order chi connectivity index (χ1) is 16.6. The molecule has 0 radical (unpaired) electrons. The zero-order valence-corrected chi connectivity index (χ0v) is 21.3. The van der Waals surface area contributed by atoms with Gasteiger partial charge in [-0.15, -0.1) is 0 Å². The molecule has 4 bridgehead atoms. The predicted octanol–water partition coefficient (Wildman–Crippen LogP) is 3.43. The largest absolute Gasteiger partial charge is 0.468 e. The molecule has 1 aromatic carbocycles. The van der Waals surface area contributed by atoms with Crippen molar-refractivity contribution >= 4 is 23.7 Å². The number of benzene rings is 1. The summed E-state index contributed by atoms with van der Waals surface area (Å²) in [6.07, 6.45) is 2.96. The number of amides is 1. The third kappa shape index (κ3) is 2.86. The van der Waals surface area contributed by atoms with Gasteiger partial charge in [-0.25, -0.2) is 4.79 Å². The highest BCUT2D eigenvalue weighted by molar-refractivity contribution is 5.99. The van der Waals surface area contributed by atoms with E-state index in [4.69, 9.17) is 14.2 Å². The van der Waals surface area contributed by atoms with E-state index in [0.29, 0.717) is 12.8 Å². The Kier molecular flexibility index (Phi) is 5.33. The van der Waals surface area contributed by atoms with Crippen LogP contribution in [-0.4, -0.2) is 67.4 Å². The van der Waals surface area contributed by atoms with Crippen molar-refractivity contribution in [3.63, 3.8) is 0 Å². The molecule has 5 atom stereocenters. The number of hydrogen-bond acceptors (Lipinski definition) is 7. The van der Waals surface area contributed by atoms with Crippen LogP contribution < -0.4 is 4.90 Å². The van der Waals surface area contributed by atoms with Crippen LogP contribution in [0, 0.1) is 11.8 Å². The van der Waals surface area contributed by atoms with Gasteiger partial charge in [0.25, 0.3) is 0 Å². The third-order valence-electron chi connectivity index (χ3n) is 8.59.